The van der Waals surface area contributed by atoms with Crippen LogP contribution < -0.4 is 0 Å². The first kappa shape index (κ1) is 19.6. The maximum atomic E-state index is 12.6. The number of rotatable bonds is 5. The lowest BCUT2D eigenvalue weighted by Gasteiger charge is -2.32. The van der Waals surface area contributed by atoms with Crippen LogP contribution in [0.25, 0.3) is 22.2 Å². The third kappa shape index (κ3) is 4.13. The minimum atomic E-state index is 0.249. The van der Waals surface area contributed by atoms with E-state index < -0.39 is 0 Å². The fourth-order valence-corrected chi connectivity index (χ4v) is 4.70. The molecule has 0 aliphatic carbocycles. The molecule has 1 aliphatic rings. The van der Waals surface area contributed by atoms with Crippen molar-refractivity contribution in [2.24, 2.45) is 13.0 Å². The quantitative estimate of drug-likeness (QED) is 0.484. The minimum Gasteiger partial charge on any atom is -0.347 e. The van der Waals surface area contributed by atoms with Crippen molar-refractivity contribution in [3.63, 3.8) is 0 Å². The summed E-state index contributed by atoms with van der Waals surface area (Å²) in [6.45, 7) is 2.73. The van der Waals surface area contributed by atoms with Crippen molar-refractivity contribution < 1.29 is 4.79 Å². The lowest BCUT2D eigenvalue weighted by molar-refractivity contribution is -0.131. The summed E-state index contributed by atoms with van der Waals surface area (Å²) >= 11 is 0. The first-order valence-corrected chi connectivity index (χ1v) is 11.1. The number of hydrogen-bond donors (Lipinski definition) is 0. The molecular weight excluding hydrogens is 384 g/mol. The van der Waals surface area contributed by atoms with Gasteiger partial charge in [0.15, 0.2) is 0 Å². The van der Waals surface area contributed by atoms with Gasteiger partial charge in [0.1, 0.15) is 0 Å². The molecule has 0 unspecified atom stereocenters. The third-order valence-electron chi connectivity index (χ3n) is 6.51. The fraction of sp³-hybridized carbons (Fsp3) is 0.308. The van der Waals surface area contributed by atoms with Crippen molar-refractivity contribution in [3.8, 4) is 11.3 Å². The molecule has 1 aliphatic heterocycles. The van der Waals surface area contributed by atoms with E-state index in [1.807, 2.05) is 59.2 Å². The molecular formula is C26H28N4O. The van der Waals surface area contributed by atoms with Gasteiger partial charge in [0.2, 0.25) is 5.91 Å². The van der Waals surface area contributed by atoms with Crippen LogP contribution in [-0.2, 0) is 24.8 Å². The second-order valence-corrected chi connectivity index (χ2v) is 8.57. The highest BCUT2D eigenvalue weighted by molar-refractivity contribution is 5.85. The molecule has 0 spiro atoms. The monoisotopic (exact) mass is 412 g/mol. The van der Waals surface area contributed by atoms with Crippen molar-refractivity contribution in [1.82, 2.24) is 19.2 Å². The molecule has 5 nitrogen and oxygen atoms in total. The lowest BCUT2D eigenvalue weighted by Crippen LogP contribution is -2.40. The molecule has 0 bridgehead atoms. The van der Waals surface area contributed by atoms with Crippen molar-refractivity contribution in [2.45, 2.75) is 25.8 Å². The maximum absolute atomic E-state index is 12.6. The molecule has 1 amide bonds. The number of piperidine rings is 1. The molecule has 1 saturated heterocycles. The average molecular weight is 413 g/mol. The van der Waals surface area contributed by atoms with Crippen LogP contribution in [0.3, 0.4) is 0 Å². The van der Waals surface area contributed by atoms with Crippen molar-refractivity contribution >= 4 is 16.8 Å². The number of benzene rings is 2. The Labute approximate surface area is 182 Å². The molecule has 4 aromatic rings. The smallest absolute Gasteiger partial charge is 0.226 e. The highest BCUT2D eigenvalue weighted by Crippen LogP contribution is 2.27. The molecule has 0 saturated carbocycles. The Morgan fingerprint density at radius 3 is 2.58 bits per heavy atom. The van der Waals surface area contributed by atoms with Crippen molar-refractivity contribution in [1.29, 1.82) is 0 Å². The van der Waals surface area contributed by atoms with Crippen LogP contribution in [0.1, 0.15) is 18.4 Å². The van der Waals surface area contributed by atoms with Crippen LogP contribution >= 0.6 is 0 Å². The van der Waals surface area contributed by atoms with Crippen LogP contribution in [0.2, 0.25) is 0 Å². The summed E-state index contributed by atoms with van der Waals surface area (Å²) in [5.41, 5.74) is 4.69. The summed E-state index contributed by atoms with van der Waals surface area (Å²) in [5.74, 6) is 0.854. The number of nitrogens with zero attached hydrogens (tertiary/aromatic N) is 4. The topological polar surface area (TPSA) is 43.1 Å². The highest BCUT2D eigenvalue weighted by atomic mass is 16.2. The SMILES string of the molecule is Cn1nccc1-c1ccc2c(ccn2CC2CCN(C(=O)Cc3ccccc3)CC2)c1. The van der Waals surface area contributed by atoms with Gasteiger partial charge < -0.3 is 9.47 Å². The third-order valence-corrected chi connectivity index (χ3v) is 6.51. The molecule has 31 heavy (non-hydrogen) atoms. The molecule has 3 heterocycles. The number of aryl methyl sites for hydroxylation is 1. The van der Waals surface area contributed by atoms with Crippen LogP contribution in [0, 0.1) is 5.92 Å². The van der Waals surface area contributed by atoms with Crippen LogP contribution in [-0.4, -0.2) is 38.2 Å². The Morgan fingerprint density at radius 1 is 1.03 bits per heavy atom. The van der Waals surface area contributed by atoms with Crippen LogP contribution in [0.5, 0.6) is 0 Å². The number of likely N-dealkylation sites (tertiary alicyclic amines) is 1. The van der Waals surface area contributed by atoms with Crippen molar-refractivity contribution in [3.05, 3.63) is 78.6 Å². The molecule has 0 atom stereocenters. The fourth-order valence-electron chi connectivity index (χ4n) is 4.70. The van der Waals surface area contributed by atoms with E-state index in [9.17, 15) is 4.79 Å². The molecule has 1 fully saturated rings. The summed E-state index contributed by atoms with van der Waals surface area (Å²) in [5, 5.41) is 5.54. The van der Waals surface area contributed by atoms with Gasteiger partial charge in [-0.3, -0.25) is 9.48 Å². The Morgan fingerprint density at radius 2 is 1.84 bits per heavy atom. The Balaban J connectivity index is 1.21. The predicted molar refractivity (Wildman–Crippen MR) is 124 cm³/mol. The van der Waals surface area contributed by atoms with E-state index in [0.29, 0.717) is 12.3 Å². The van der Waals surface area contributed by atoms with E-state index in [1.54, 1.807) is 0 Å². The molecule has 5 heteroatoms. The first-order valence-electron chi connectivity index (χ1n) is 11.1. The number of amides is 1. The number of aromatic nitrogens is 3. The van der Waals surface area contributed by atoms with Crippen molar-refractivity contribution in [2.75, 3.05) is 13.1 Å². The van der Waals surface area contributed by atoms with Gasteiger partial charge in [-0.15, -0.1) is 0 Å². The number of carbonyl (C=O) groups is 1. The summed E-state index contributed by atoms with van der Waals surface area (Å²) in [7, 11) is 1.97. The number of fused-ring (bicyclic) bond motifs is 1. The summed E-state index contributed by atoms with van der Waals surface area (Å²) in [6.07, 6.45) is 6.67. The van der Waals surface area contributed by atoms with E-state index in [-0.39, 0.29) is 5.91 Å². The summed E-state index contributed by atoms with van der Waals surface area (Å²) in [4.78, 5) is 14.7. The van der Waals surface area contributed by atoms with Gasteiger partial charge >= 0.3 is 0 Å². The van der Waals surface area contributed by atoms with Gasteiger partial charge in [0.25, 0.3) is 0 Å². The van der Waals surface area contributed by atoms with Gasteiger partial charge in [-0.2, -0.15) is 5.10 Å². The highest BCUT2D eigenvalue weighted by Gasteiger charge is 2.23. The molecule has 0 radical (unpaired) electrons. The number of hydrogen-bond acceptors (Lipinski definition) is 2. The second-order valence-electron chi connectivity index (χ2n) is 8.57. The van der Waals surface area contributed by atoms with Gasteiger partial charge in [0.05, 0.1) is 12.1 Å². The van der Waals surface area contributed by atoms with E-state index in [2.05, 4.69) is 40.1 Å². The zero-order valence-electron chi connectivity index (χ0n) is 17.9. The maximum Gasteiger partial charge on any atom is 0.226 e. The molecule has 0 N–H and O–H groups in total. The van der Waals surface area contributed by atoms with Gasteiger partial charge in [0, 0.05) is 55.5 Å². The lowest BCUT2D eigenvalue weighted by atomic mass is 9.96. The standard InChI is InChI=1S/C26H28N4O/c1-28-24(9-13-27-28)22-7-8-25-23(18-22)12-16-30(25)19-21-10-14-29(15-11-21)26(31)17-20-5-3-2-4-6-20/h2-9,12-13,16,18,21H,10-11,14-15,17,19H2,1H3. The Bertz CT molecular complexity index is 1180. The zero-order chi connectivity index (χ0) is 21.2. The second kappa shape index (κ2) is 8.42. The van der Waals surface area contributed by atoms with E-state index in [0.717, 1.165) is 43.7 Å². The molecule has 5 rings (SSSR count). The zero-order valence-corrected chi connectivity index (χ0v) is 17.9. The van der Waals surface area contributed by atoms with Gasteiger partial charge in [-0.1, -0.05) is 36.4 Å². The predicted octanol–water partition coefficient (Wildman–Crippen LogP) is 4.52. The van der Waals surface area contributed by atoms with Gasteiger partial charge in [-0.05, 0) is 48.6 Å². The normalized spacial score (nSPS) is 14.9. The minimum absolute atomic E-state index is 0.249. The first-order chi connectivity index (χ1) is 15.2. The van der Waals surface area contributed by atoms with Crippen LogP contribution in [0.4, 0.5) is 0 Å². The molecule has 2 aromatic carbocycles. The molecule has 2 aromatic heterocycles. The molecule has 158 valence electrons. The Kier molecular flexibility index (Phi) is 5.33. The number of carbonyl (C=O) groups excluding carboxylic acids is 1. The average Bonchev–Trinajstić information content (AvgIpc) is 3.40. The van der Waals surface area contributed by atoms with E-state index in [1.165, 1.54) is 16.5 Å². The summed E-state index contributed by atoms with van der Waals surface area (Å²) in [6, 6.07) is 20.9. The van der Waals surface area contributed by atoms with E-state index in [4.69, 9.17) is 0 Å². The largest absolute Gasteiger partial charge is 0.347 e. The summed E-state index contributed by atoms with van der Waals surface area (Å²) < 4.78 is 4.28. The van der Waals surface area contributed by atoms with Gasteiger partial charge in [-0.25, -0.2) is 0 Å². The van der Waals surface area contributed by atoms with E-state index >= 15 is 0 Å². The van der Waals surface area contributed by atoms with Crippen LogP contribution in [0.15, 0.2) is 73.1 Å². The Hall–Kier alpha value is -3.34.